The molecule has 0 saturated heterocycles. The molecular weight excluding hydrogens is 310 g/mol. The first-order chi connectivity index (χ1) is 10.2. The van der Waals surface area contributed by atoms with E-state index in [1.165, 1.54) is 12.3 Å². The molecule has 2 nitrogen and oxygen atoms in total. The Morgan fingerprint density at radius 1 is 0.864 bits per heavy atom. The predicted molar refractivity (Wildman–Crippen MR) is 67.9 cm³/mol. The lowest BCUT2D eigenvalue weighted by atomic mass is 10.1. The summed E-state index contributed by atoms with van der Waals surface area (Å²) in [6.07, 6.45) is -7.27. The van der Waals surface area contributed by atoms with E-state index >= 15 is 0 Å². The molecule has 2 aromatic rings. The second-order valence-corrected chi connectivity index (χ2v) is 4.28. The second-order valence-electron chi connectivity index (χ2n) is 4.28. The van der Waals surface area contributed by atoms with Gasteiger partial charge in [0, 0.05) is 6.20 Å². The summed E-state index contributed by atoms with van der Waals surface area (Å²) in [4.78, 5) is 7.48. The minimum absolute atomic E-state index is 0.0553. The first kappa shape index (κ1) is 16.0. The molecule has 0 aliphatic carbocycles. The number of nitrogens with zero attached hydrogens (tertiary/aromatic N) is 2. The van der Waals surface area contributed by atoms with E-state index in [2.05, 4.69) is 9.98 Å². The van der Waals surface area contributed by atoms with E-state index in [0.717, 1.165) is 6.21 Å². The van der Waals surface area contributed by atoms with Crippen molar-refractivity contribution in [3.8, 4) is 0 Å². The van der Waals surface area contributed by atoms with Gasteiger partial charge >= 0.3 is 12.4 Å². The van der Waals surface area contributed by atoms with Gasteiger partial charge in [-0.3, -0.25) is 9.98 Å². The number of pyridine rings is 1. The molecule has 0 N–H and O–H groups in total. The van der Waals surface area contributed by atoms with Crippen molar-refractivity contribution in [3.05, 3.63) is 59.4 Å². The fourth-order valence-electron chi connectivity index (χ4n) is 1.61. The van der Waals surface area contributed by atoms with Crippen molar-refractivity contribution in [2.45, 2.75) is 12.4 Å². The number of hydrogen-bond donors (Lipinski definition) is 0. The molecule has 0 aliphatic rings. The average molecular weight is 318 g/mol. The van der Waals surface area contributed by atoms with Gasteiger partial charge in [-0.2, -0.15) is 26.3 Å². The SMILES string of the molecule is FC(F)(F)c1cc(N=Cc2ccccn2)cc(C(F)(F)F)c1. The van der Waals surface area contributed by atoms with Crippen LogP contribution < -0.4 is 0 Å². The summed E-state index contributed by atoms with van der Waals surface area (Å²) in [6.45, 7) is 0. The zero-order valence-electron chi connectivity index (χ0n) is 10.8. The molecule has 116 valence electrons. The lowest BCUT2D eigenvalue weighted by Crippen LogP contribution is -2.10. The Hall–Kier alpha value is -2.38. The van der Waals surface area contributed by atoms with Gasteiger partial charge in [0.25, 0.3) is 0 Å². The third-order valence-corrected chi connectivity index (χ3v) is 2.61. The molecule has 1 aromatic carbocycles. The zero-order valence-corrected chi connectivity index (χ0v) is 10.8. The first-order valence-electron chi connectivity index (χ1n) is 5.91. The van der Waals surface area contributed by atoms with Crippen LogP contribution in [0.25, 0.3) is 0 Å². The average Bonchev–Trinajstić information content (AvgIpc) is 2.44. The van der Waals surface area contributed by atoms with Crippen LogP contribution in [0.4, 0.5) is 32.0 Å². The molecule has 0 fully saturated rings. The molecule has 22 heavy (non-hydrogen) atoms. The largest absolute Gasteiger partial charge is 0.416 e. The minimum atomic E-state index is -4.89. The quantitative estimate of drug-likeness (QED) is 0.573. The van der Waals surface area contributed by atoms with Crippen LogP contribution in [0.5, 0.6) is 0 Å². The monoisotopic (exact) mass is 318 g/mol. The topological polar surface area (TPSA) is 25.2 Å². The number of hydrogen-bond acceptors (Lipinski definition) is 2. The molecule has 0 radical (unpaired) electrons. The Morgan fingerprint density at radius 2 is 1.45 bits per heavy atom. The van der Waals surface area contributed by atoms with Crippen LogP contribution in [-0.2, 0) is 12.4 Å². The molecular formula is C14H8F6N2. The summed E-state index contributed by atoms with van der Waals surface area (Å²) >= 11 is 0. The molecule has 1 aromatic heterocycles. The Morgan fingerprint density at radius 3 is 1.91 bits per heavy atom. The summed E-state index contributed by atoms with van der Waals surface area (Å²) in [5.41, 5.74) is -2.95. The van der Waals surface area contributed by atoms with Crippen molar-refractivity contribution in [1.29, 1.82) is 0 Å². The number of aliphatic imine (C=N–C) groups is 1. The van der Waals surface area contributed by atoms with Gasteiger partial charge in [-0.25, -0.2) is 0 Å². The Bertz CT molecular complexity index is 642. The van der Waals surface area contributed by atoms with E-state index in [1.807, 2.05) is 0 Å². The minimum Gasteiger partial charge on any atom is -0.255 e. The standard InChI is InChI=1S/C14H8F6N2/c15-13(16,17)9-5-10(14(18,19)20)7-12(6-9)22-8-11-3-1-2-4-21-11/h1-8H. The fraction of sp³-hybridized carbons (Fsp3) is 0.143. The predicted octanol–water partition coefficient (Wildman–Crippen LogP) is 4.87. The van der Waals surface area contributed by atoms with Gasteiger partial charge in [-0.1, -0.05) is 6.07 Å². The van der Waals surface area contributed by atoms with E-state index in [9.17, 15) is 26.3 Å². The van der Waals surface area contributed by atoms with Crippen molar-refractivity contribution in [1.82, 2.24) is 4.98 Å². The summed E-state index contributed by atoms with van der Waals surface area (Å²) < 4.78 is 76.0. The van der Waals surface area contributed by atoms with Crippen LogP contribution in [0, 0.1) is 0 Å². The fourth-order valence-corrected chi connectivity index (χ4v) is 1.61. The van der Waals surface area contributed by atoms with Crippen molar-refractivity contribution >= 4 is 11.9 Å². The number of halogens is 6. The molecule has 0 unspecified atom stereocenters. The van der Waals surface area contributed by atoms with Gasteiger partial charge in [0.05, 0.1) is 28.7 Å². The summed E-state index contributed by atoms with van der Waals surface area (Å²) in [6, 6.07) is 5.90. The van der Waals surface area contributed by atoms with Crippen molar-refractivity contribution < 1.29 is 26.3 Å². The van der Waals surface area contributed by atoms with Crippen LogP contribution in [0.1, 0.15) is 16.8 Å². The van der Waals surface area contributed by atoms with E-state index in [4.69, 9.17) is 0 Å². The highest BCUT2D eigenvalue weighted by Gasteiger charge is 2.36. The molecule has 2 rings (SSSR count). The maximum absolute atomic E-state index is 12.7. The van der Waals surface area contributed by atoms with Gasteiger partial charge in [0.2, 0.25) is 0 Å². The number of benzene rings is 1. The van der Waals surface area contributed by atoms with Crippen LogP contribution in [0.15, 0.2) is 47.6 Å². The van der Waals surface area contributed by atoms with E-state index in [1.54, 1.807) is 12.1 Å². The first-order valence-corrected chi connectivity index (χ1v) is 5.91. The van der Waals surface area contributed by atoms with Crippen LogP contribution >= 0.6 is 0 Å². The third kappa shape index (κ3) is 4.06. The molecule has 0 spiro atoms. The molecule has 0 amide bonds. The van der Waals surface area contributed by atoms with Crippen molar-refractivity contribution in [2.24, 2.45) is 4.99 Å². The summed E-state index contributed by atoms with van der Waals surface area (Å²) in [5, 5.41) is 0. The maximum atomic E-state index is 12.7. The highest BCUT2D eigenvalue weighted by molar-refractivity contribution is 5.79. The molecule has 1 heterocycles. The Labute approximate surface area is 121 Å². The second kappa shape index (κ2) is 5.78. The Balaban J connectivity index is 2.45. The van der Waals surface area contributed by atoms with Crippen LogP contribution in [0.2, 0.25) is 0 Å². The third-order valence-electron chi connectivity index (χ3n) is 2.61. The molecule has 0 aliphatic heterocycles. The van der Waals surface area contributed by atoms with Crippen LogP contribution in [0.3, 0.4) is 0 Å². The molecule has 0 bridgehead atoms. The van der Waals surface area contributed by atoms with E-state index in [-0.39, 0.29) is 6.07 Å². The molecule has 0 saturated carbocycles. The maximum Gasteiger partial charge on any atom is 0.416 e. The van der Waals surface area contributed by atoms with Gasteiger partial charge in [0.1, 0.15) is 0 Å². The lowest BCUT2D eigenvalue weighted by molar-refractivity contribution is -0.143. The lowest BCUT2D eigenvalue weighted by Gasteiger charge is -2.12. The molecule has 8 heteroatoms. The number of aromatic nitrogens is 1. The normalized spacial score (nSPS) is 12.8. The summed E-state index contributed by atoms with van der Waals surface area (Å²) in [7, 11) is 0. The Kier molecular flexibility index (Phi) is 4.20. The molecule has 0 atom stereocenters. The van der Waals surface area contributed by atoms with Crippen molar-refractivity contribution in [3.63, 3.8) is 0 Å². The zero-order chi connectivity index (χ0) is 16.4. The van der Waals surface area contributed by atoms with Gasteiger partial charge in [0.15, 0.2) is 0 Å². The van der Waals surface area contributed by atoms with Crippen LogP contribution in [-0.4, -0.2) is 11.2 Å². The highest BCUT2D eigenvalue weighted by atomic mass is 19.4. The van der Waals surface area contributed by atoms with Gasteiger partial charge in [-0.05, 0) is 30.3 Å². The number of rotatable bonds is 2. The van der Waals surface area contributed by atoms with Gasteiger partial charge in [-0.15, -0.1) is 0 Å². The van der Waals surface area contributed by atoms with Gasteiger partial charge < -0.3 is 0 Å². The van der Waals surface area contributed by atoms with E-state index in [0.29, 0.717) is 17.8 Å². The number of alkyl halides is 6. The summed E-state index contributed by atoms with van der Waals surface area (Å²) in [5.74, 6) is 0. The van der Waals surface area contributed by atoms with Crippen molar-refractivity contribution in [2.75, 3.05) is 0 Å². The highest BCUT2D eigenvalue weighted by Crippen LogP contribution is 2.38. The smallest absolute Gasteiger partial charge is 0.255 e. The van der Waals surface area contributed by atoms with E-state index < -0.39 is 29.2 Å².